The second-order valence-corrected chi connectivity index (χ2v) is 51.5. The number of aryl methyl sites for hydroxylation is 6. The summed E-state index contributed by atoms with van der Waals surface area (Å²) in [6.07, 6.45) is 25.3. The first-order valence-corrected chi connectivity index (χ1v) is 55.5. The van der Waals surface area contributed by atoms with Crippen LogP contribution in [0.2, 0.25) is 0 Å². The maximum absolute atomic E-state index is 6.33. The Morgan fingerprint density at radius 2 is 0.676 bits per heavy atom. The maximum atomic E-state index is 6.33. The van der Waals surface area contributed by atoms with Crippen LogP contribution in [0.15, 0.2) is 209 Å². The van der Waals surface area contributed by atoms with Gasteiger partial charge in [0.1, 0.15) is 0 Å². The largest absolute Gasteiger partial charge is 0.436 e. The van der Waals surface area contributed by atoms with E-state index in [1.807, 2.05) is 55.0 Å². The monoisotopic (exact) mass is 1980 g/mol. The summed E-state index contributed by atoms with van der Waals surface area (Å²) in [6.45, 7) is 69.1. The van der Waals surface area contributed by atoms with Crippen LogP contribution >= 0.6 is 0 Å². The third kappa shape index (κ3) is 13.2. The van der Waals surface area contributed by atoms with Crippen molar-refractivity contribution >= 4 is 167 Å². The number of piperidine rings is 5. The van der Waals surface area contributed by atoms with Crippen LogP contribution in [0.25, 0.3) is 132 Å². The predicted molar refractivity (Wildman–Crippen MR) is 608 cm³/mol. The molecule has 0 spiro atoms. The Balaban J connectivity index is 0.0000000923. The van der Waals surface area contributed by atoms with Gasteiger partial charge in [0, 0.05) is 173 Å². The first kappa shape index (κ1) is 96.6. The van der Waals surface area contributed by atoms with Crippen molar-refractivity contribution in [2.45, 2.75) is 335 Å². The SMILES string of the molecule is Cc1ccc2c(oc3ncccc32)c1N1C2CCC([C@@H]1C)C2(C)C.Cc1ccc2c(oc3ncccc32)c1N1[C@@H](C)C2(C)CC1(C)C(C)C2C.Cc1ccc2c(oc3ncccc32)c1N1[C@@H](C)C2(C)CC1(C)CC2C.Cc1ccc2c(oc3ncccc32)c1N1[C@@H](C)C2(C)CCC1(C)C2.Cc1ccc2c(oc3ncccc32)c1N1[C@@H](C)C2(C)CCC1(C)C2(C)C.Cc1ccc2c(oc3ncccc32)c1N1[C@@H](C)N2CCC1(C)C2. The number of hydrogen-bond donors (Lipinski definition) is 0. The highest BCUT2D eigenvalue weighted by Gasteiger charge is 2.72. The van der Waals surface area contributed by atoms with Crippen molar-refractivity contribution in [3.63, 3.8) is 0 Å². The molecule has 21 atom stereocenters. The minimum Gasteiger partial charge on any atom is -0.436 e. The summed E-state index contributed by atoms with van der Waals surface area (Å²) in [4.78, 5) is 45.1. The molecule has 5 saturated carbocycles. The van der Waals surface area contributed by atoms with Crippen LogP contribution in [-0.2, 0) is 0 Å². The van der Waals surface area contributed by atoms with Crippen molar-refractivity contribution in [2.75, 3.05) is 42.5 Å². The lowest BCUT2D eigenvalue weighted by atomic mass is 9.65. The van der Waals surface area contributed by atoms with E-state index in [2.05, 4.69) is 367 Å². The normalized spacial score (nSPS) is 32.5. The summed E-state index contributed by atoms with van der Waals surface area (Å²) < 4.78 is 37.6. The fourth-order valence-corrected chi connectivity index (χ4v) is 34.1. The topological polar surface area (TPSA) is 179 Å². The molecule has 0 radical (unpaired) electrons. The number of hydrogen-bond acceptors (Lipinski definition) is 19. The zero-order chi connectivity index (χ0) is 104. The number of rotatable bonds is 6. The Morgan fingerprint density at radius 3 is 1.01 bits per heavy atom. The summed E-state index contributed by atoms with van der Waals surface area (Å²) in [6, 6.07) is 54.3. The highest BCUT2D eigenvalue weighted by atomic mass is 16.4. The minimum absolute atomic E-state index is 0.132. The number of nitrogens with zero attached hydrogens (tertiary/aromatic N) is 13. The summed E-state index contributed by atoms with van der Waals surface area (Å²) >= 11 is 0. The predicted octanol–water partition coefficient (Wildman–Crippen LogP) is 32.4. The van der Waals surface area contributed by atoms with E-state index < -0.39 is 0 Å². The highest BCUT2D eigenvalue weighted by Crippen LogP contribution is 2.72. The lowest BCUT2D eigenvalue weighted by molar-refractivity contribution is 0.132. The van der Waals surface area contributed by atoms with Gasteiger partial charge in [0.05, 0.1) is 45.8 Å². The van der Waals surface area contributed by atoms with Gasteiger partial charge in [0.2, 0.25) is 34.3 Å². The van der Waals surface area contributed by atoms with Gasteiger partial charge in [-0.1, -0.05) is 149 Å². The van der Waals surface area contributed by atoms with Crippen molar-refractivity contribution in [1.29, 1.82) is 0 Å². The van der Waals surface area contributed by atoms with Gasteiger partial charge in [-0.15, -0.1) is 0 Å². The van der Waals surface area contributed by atoms with Crippen LogP contribution in [0, 0.1) is 97.7 Å². The molecule has 19 heteroatoms. The van der Waals surface area contributed by atoms with Crippen LogP contribution in [0.5, 0.6) is 0 Å². The van der Waals surface area contributed by atoms with E-state index in [1.54, 1.807) is 18.6 Å². The number of pyridine rings is 6. The molecular weight excluding hydrogens is 1830 g/mol. The van der Waals surface area contributed by atoms with Crippen molar-refractivity contribution in [2.24, 2.45) is 56.2 Å². The molecule has 12 aliphatic rings. The summed E-state index contributed by atoms with van der Waals surface area (Å²) in [5.74, 6) is 2.91. The van der Waals surface area contributed by atoms with E-state index in [1.165, 1.54) is 177 Å². The molecule has 768 valence electrons. The van der Waals surface area contributed by atoms with Crippen LogP contribution in [-0.4, -0.2) is 118 Å². The van der Waals surface area contributed by atoms with Gasteiger partial charge in [0.15, 0.2) is 33.5 Å². The summed E-state index contributed by atoms with van der Waals surface area (Å²) in [5, 5.41) is 13.7. The fraction of sp³-hybridized carbons (Fsp3) is 0.488. The van der Waals surface area contributed by atoms with Crippen molar-refractivity contribution in [3.05, 3.63) is 216 Å². The molecular formula is C129H151N13O6. The zero-order valence-electron chi connectivity index (χ0n) is 92.6. The number of anilines is 6. The molecule has 12 fully saturated rings. The molecule has 7 saturated heterocycles. The molecule has 6 aromatic carbocycles. The summed E-state index contributed by atoms with van der Waals surface area (Å²) in [7, 11) is 0. The van der Waals surface area contributed by atoms with Crippen LogP contribution in [0.3, 0.4) is 0 Å². The van der Waals surface area contributed by atoms with E-state index in [0.29, 0.717) is 75.4 Å². The smallest absolute Gasteiger partial charge is 0.227 e. The van der Waals surface area contributed by atoms with Gasteiger partial charge in [-0.2, -0.15) is 0 Å². The van der Waals surface area contributed by atoms with E-state index >= 15 is 0 Å². The second-order valence-electron chi connectivity index (χ2n) is 51.5. The number of benzene rings is 6. The zero-order valence-corrected chi connectivity index (χ0v) is 92.6. The molecule has 18 aromatic rings. The van der Waals surface area contributed by atoms with Gasteiger partial charge < -0.3 is 55.9 Å². The number of furan rings is 6. The average molecular weight is 1980 g/mol. The third-order valence-corrected chi connectivity index (χ3v) is 43.6. The summed E-state index contributed by atoms with van der Waals surface area (Å²) in [5.41, 5.74) is 28.8. The van der Waals surface area contributed by atoms with Gasteiger partial charge in [0.25, 0.3) is 0 Å². The molecule has 148 heavy (non-hydrogen) atoms. The Labute approximate surface area is 871 Å². The molecule has 7 aliphatic heterocycles. The van der Waals surface area contributed by atoms with Crippen LogP contribution in [0.4, 0.5) is 34.1 Å². The third-order valence-electron chi connectivity index (χ3n) is 43.6. The Hall–Kier alpha value is -12.2. The van der Waals surface area contributed by atoms with E-state index in [0.717, 1.165) is 124 Å². The molecule has 30 rings (SSSR count). The van der Waals surface area contributed by atoms with Crippen molar-refractivity contribution in [1.82, 2.24) is 34.8 Å². The van der Waals surface area contributed by atoms with Crippen molar-refractivity contribution < 1.29 is 26.5 Å². The van der Waals surface area contributed by atoms with Gasteiger partial charge >= 0.3 is 0 Å². The number of aromatic nitrogens is 6. The molecule has 19 nitrogen and oxygen atoms in total. The maximum Gasteiger partial charge on any atom is 0.227 e. The Bertz CT molecular complexity index is 8460. The van der Waals surface area contributed by atoms with Crippen molar-refractivity contribution in [3.8, 4) is 0 Å². The van der Waals surface area contributed by atoms with Crippen LogP contribution < -0.4 is 29.4 Å². The molecule has 0 N–H and O–H groups in total. The van der Waals surface area contributed by atoms with Gasteiger partial charge in [-0.3, -0.25) is 4.90 Å². The first-order valence-electron chi connectivity index (χ1n) is 55.5. The lowest BCUT2D eigenvalue weighted by Gasteiger charge is -2.51. The number of fused-ring (bicyclic) bond motifs is 30. The molecule has 5 aliphatic carbocycles. The quantitative estimate of drug-likeness (QED) is 0.153. The fourth-order valence-electron chi connectivity index (χ4n) is 34.1. The molecule has 19 heterocycles. The van der Waals surface area contributed by atoms with Crippen LogP contribution in [0.1, 0.15) is 256 Å². The standard InChI is InChI=1S/2C23H28N2O.C22H26N2O.2C21H24N2O.C19H21N3O/c1-14-9-10-16-17-8-7-13-24-20(17)26-19(16)18(14)25-15(2)22(5)11-12-23(25,6)21(22,3)4;1-13-9-10-17-18-8-7-11-24-21(18)26-20(17)19(13)25-16(4)22(5)12-23(25,6)15(3)14(22)2;1-13-8-9-16-17-7-6-10-23-20(17)25-19(16)18(13)24-15(3)22(5)12-21(24,4)11-14(22)2;1-13-7-8-15-16-6-5-11-22-19(16)24-18(15)17(13)23-14(2)20(3)9-10-21(23,4)12-20;1-12-7-8-14-15-6-5-11-22-20(15)24-19(14)18(12)23-13(2)16-9-10-17(23)21(16,3)4;1-12-6-7-14-15-5-4-9-20-18(15)23-17(14)16(12)22-13(2)21-10-8-19(22,3)11-21/h7-10,13,15H,11-12H2,1-6H3;7-11,14-16H,12H2,1-6H3;6-10,14-15H,11-12H2,1-5H3;5-8,11,14H,9-10,12H2,1-4H3;5-8,11,13,16-17H,9-10H2,1-4H3;4-7,9,13H,8,10-11H2,1-3H3/t15-,22?,23?;14?,15?,16-,22?,23?;14?,15-,21?,22?;14-,20?,21?;13-,16?,17?;13-,19?/m000000/s1. The lowest BCUT2D eigenvalue weighted by Crippen LogP contribution is -2.56. The van der Waals surface area contributed by atoms with E-state index in [-0.39, 0.29) is 33.1 Å². The van der Waals surface area contributed by atoms with E-state index in [9.17, 15) is 0 Å². The Kier molecular flexibility index (Phi) is 21.5. The van der Waals surface area contributed by atoms with Gasteiger partial charge in [-0.25, -0.2) is 29.9 Å². The highest BCUT2D eigenvalue weighted by molar-refractivity contribution is 6.14. The molecule has 12 aromatic heterocycles. The molecule has 15 unspecified atom stereocenters. The average Bonchev–Trinajstić information content (AvgIpc) is 1.49. The first-order chi connectivity index (χ1) is 70.4. The minimum atomic E-state index is 0.132. The van der Waals surface area contributed by atoms with Gasteiger partial charge in [-0.05, 0) is 351 Å². The molecule has 12 bridgehead atoms. The van der Waals surface area contributed by atoms with E-state index in [4.69, 9.17) is 26.5 Å². The second kappa shape index (κ2) is 32.9. The Morgan fingerprint density at radius 1 is 0.311 bits per heavy atom. The molecule has 0 amide bonds.